The Hall–Kier alpha value is -0.620. The summed E-state index contributed by atoms with van der Waals surface area (Å²) in [5, 5.41) is 0. The van der Waals surface area contributed by atoms with Gasteiger partial charge in [0.05, 0.1) is 11.8 Å². The number of rotatable bonds is 4. The molecule has 0 radical (unpaired) electrons. The maximum atomic E-state index is 11.9. The molecule has 0 bridgehead atoms. The highest BCUT2D eigenvalue weighted by atomic mass is 32.2. The minimum absolute atomic E-state index is 0.0237. The lowest BCUT2D eigenvalue weighted by atomic mass is 9.98. The molecule has 5 nitrogen and oxygen atoms in total. The zero-order valence-corrected chi connectivity index (χ0v) is 11.4. The van der Waals surface area contributed by atoms with E-state index in [4.69, 9.17) is 5.73 Å². The molecule has 1 unspecified atom stereocenters. The Morgan fingerprint density at radius 3 is 2.41 bits per heavy atom. The van der Waals surface area contributed by atoms with E-state index in [0.29, 0.717) is 5.92 Å². The molecule has 0 aliphatic carbocycles. The predicted molar refractivity (Wildman–Crippen MR) is 67.3 cm³/mol. The predicted octanol–water partition coefficient (Wildman–Crippen LogP) is 0.00690. The van der Waals surface area contributed by atoms with Gasteiger partial charge in [0, 0.05) is 19.3 Å². The van der Waals surface area contributed by atoms with Crippen LogP contribution in [0.4, 0.5) is 0 Å². The average molecular weight is 262 g/mol. The van der Waals surface area contributed by atoms with Crippen LogP contribution < -0.4 is 5.73 Å². The third-order valence-corrected chi connectivity index (χ3v) is 4.19. The van der Waals surface area contributed by atoms with Crippen molar-refractivity contribution in [2.75, 3.05) is 25.1 Å². The second-order valence-electron chi connectivity index (χ2n) is 5.03. The third-order valence-electron chi connectivity index (χ3n) is 3.21. The summed E-state index contributed by atoms with van der Waals surface area (Å²) < 4.78 is 22.0. The van der Waals surface area contributed by atoms with Crippen molar-refractivity contribution in [1.82, 2.24) is 4.90 Å². The molecule has 1 heterocycles. The van der Waals surface area contributed by atoms with E-state index < -0.39 is 15.9 Å². The van der Waals surface area contributed by atoms with Gasteiger partial charge < -0.3 is 10.6 Å². The fraction of sp³-hybridized carbons (Fsp3) is 0.909. The number of nitrogens with two attached hydrogens (primary N) is 1. The maximum Gasteiger partial charge on any atom is 0.239 e. The highest BCUT2D eigenvalue weighted by Gasteiger charge is 2.25. The second-order valence-corrected chi connectivity index (χ2v) is 7.29. The Morgan fingerprint density at radius 1 is 1.41 bits per heavy atom. The minimum atomic E-state index is -3.04. The van der Waals surface area contributed by atoms with Crippen molar-refractivity contribution in [1.29, 1.82) is 0 Å². The Morgan fingerprint density at radius 2 is 1.94 bits per heavy atom. The molecule has 1 aliphatic heterocycles. The van der Waals surface area contributed by atoms with Crippen molar-refractivity contribution in [2.24, 2.45) is 11.7 Å². The number of hydrogen-bond donors (Lipinski definition) is 1. The summed E-state index contributed by atoms with van der Waals surface area (Å²) in [5.74, 6) is 0.524. The standard InChI is InChI=1S/C11H22N2O3S/c1-9-3-6-13(7-4-9)11(14)10(12)5-8-17(2,15)16/h9-10H,3-8,12H2,1-2H3. The van der Waals surface area contributed by atoms with E-state index in [0.717, 1.165) is 32.2 Å². The molecular formula is C11H22N2O3S. The number of likely N-dealkylation sites (tertiary alicyclic amines) is 1. The Balaban J connectivity index is 2.41. The first-order chi connectivity index (χ1) is 7.79. The number of sulfone groups is 1. The van der Waals surface area contributed by atoms with Crippen LogP contribution in [0.25, 0.3) is 0 Å². The van der Waals surface area contributed by atoms with E-state index in [2.05, 4.69) is 6.92 Å². The molecule has 0 spiro atoms. The first kappa shape index (κ1) is 14.4. The van der Waals surface area contributed by atoms with Crippen molar-refractivity contribution in [3.63, 3.8) is 0 Å². The van der Waals surface area contributed by atoms with Gasteiger partial charge in [0.15, 0.2) is 0 Å². The van der Waals surface area contributed by atoms with Gasteiger partial charge in [0.1, 0.15) is 9.84 Å². The number of nitrogens with zero attached hydrogens (tertiary/aromatic N) is 1. The van der Waals surface area contributed by atoms with Gasteiger partial charge in [-0.3, -0.25) is 4.79 Å². The van der Waals surface area contributed by atoms with Gasteiger partial charge >= 0.3 is 0 Å². The summed E-state index contributed by atoms with van der Waals surface area (Å²) in [6.07, 6.45) is 3.38. The van der Waals surface area contributed by atoms with Crippen LogP contribution in [-0.2, 0) is 14.6 Å². The van der Waals surface area contributed by atoms with Gasteiger partial charge in [-0.1, -0.05) is 6.92 Å². The largest absolute Gasteiger partial charge is 0.341 e. The molecule has 2 N–H and O–H groups in total. The Labute approximate surface area is 103 Å². The first-order valence-corrected chi connectivity index (χ1v) is 8.08. The molecule has 1 aliphatic rings. The number of carbonyl (C=O) groups excluding carboxylic acids is 1. The van der Waals surface area contributed by atoms with Crippen LogP contribution in [0, 0.1) is 5.92 Å². The van der Waals surface area contributed by atoms with Crippen LogP contribution in [0.1, 0.15) is 26.2 Å². The zero-order valence-electron chi connectivity index (χ0n) is 10.6. The van der Waals surface area contributed by atoms with Crippen LogP contribution in [0.15, 0.2) is 0 Å². The summed E-state index contributed by atoms with van der Waals surface area (Å²) in [6, 6.07) is -0.682. The average Bonchev–Trinajstić information content (AvgIpc) is 2.25. The van der Waals surface area contributed by atoms with Crippen molar-refractivity contribution in [3.8, 4) is 0 Å². The van der Waals surface area contributed by atoms with Crippen LogP contribution in [0.3, 0.4) is 0 Å². The third kappa shape index (κ3) is 5.04. The lowest BCUT2D eigenvalue weighted by Gasteiger charge is -2.32. The van der Waals surface area contributed by atoms with E-state index in [-0.39, 0.29) is 18.1 Å². The normalized spacial score (nSPS) is 20.3. The molecule has 1 atom stereocenters. The summed E-state index contributed by atoms with van der Waals surface area (Å²) in [5.41, 5.74) is 5.73. The molecule has 0 aromatic heterocycles. The molecule has 0 aromatic rings. The number of piperidine rings is 1. The molecule has 1 rings (SSSR count). The van der Waals surface area contributed by atoms with Gasteiger partial charge in [-0.25, -0.2) is 8.42 Å². The second kappa shape index (κ2) is 5.82. The smallest absolute Gasteiger partial charge is 0.239 e. The van der Waals surface area contributed by atoms with E-state index in [1.807, 2.05) is 0 Å². The summed E-state index contributed by atoms with van der Waals surface area (Å²) in [6.45, 7) is 3.66. The van der Waals surface area contributed by atoms with Crippen molar-refractivity contribution >= 4 is 15.7 Å². The van der Waals surface area contributed by atoms with Gasteiger partial charge in [0.2, 0.25) is 5.91 Å². The van der Waals surface area contributed by atoms with Crippen molar-refractivity contribution in [3.05, 3.63) is 0 Å². The fourth-order valence-electron chi connectivity index (χ4n) is 1.93. The molecule has 1 amide bonds. The monoisotopic (exact) mass is 262 g/mol. The van der Waals surface area contributed by atoms with E-state index >= 15 is 0 Å². The molecule has 17 heavy (non-hydrogen) atoms. The van der Waals surface area contributed by atoms with Crippen LogP contribution >= 0.6 is 0 Å². The first-order valence-electron chi connectivity index (χ1n) is 6.01. The van der Waals surface area contributed by atoms with Gasteiger partial charge in [0.25, 0.3) is 0 Å². The lowest BCUT2D eigenvalue weighted by molar-refractivity contribution is -0.133. The highest BCUT2D eigenvalue weighted by molar-refractivity contribution is 7.90. The Bertz CT molecular complexity index is 359. The fourth-order valence-corrected chi connectivity index (χ4v) is 2.61. The van der Waals surface area contributed by atoms with Crippen LogP contribution in [-0.4, -0.2) is 50.4 Å². The molecule has 1 fully saturated rings. The zero-order chi connectivity index (χ0) is 13.1. The van der Waals surface area contributed by atoms with E-state index in [1.54, 1.807) is 4.90 Å². The van der Waals surface area contributed by atoms with Crippen LogP contribution in [0.5, 0.6) is 0 Å². The van der Waals surface area contributed by atoms with E-state index in [9.17, 15) is 13.2 Å². The molecule has 0 aromatic carbocycles. The topological polar surface area (TPSA) is 80.5 Å². The molecule has 0 saturated carbocycles. The highest BCUT2D eigenvalue weighted by Crippen LogP contribution is 2.16. The van der Waals surface area contributed by atoms with Crippen LogP contribution in [0.2, 0.25) is 0 Å². The number of carbonyl (C=O) groups is 1. The summed E-state index contributed by atoms with van der Waals surface area (Å²) in [4.78, 5) is 13.7. The maximum absolute atomic E-state index is 11.9. The summed E-state index contributed by atoms with van der Waals surface area (Å²) in [7, 11) is -3.04. The lowest BCUT2D eigenvalue weighted by Crippen LogP contribution is -2.47. The molecule has 6 heteroatoms. The molecule has 1 saturated heterocycles. The minimum Gasteiger partial charge on any atom is -0.341 e. The van der Waals surface area contributed by atoms with Gasteiger partial charge in [-0.15, -0.1) is 0 Å². The SMILES string of the molecule is CC1CCN(C(=O)C(N)CCS(C)(=O)=O)CC1. The summed E-state index contributed by atoms with van der Waals surface area (Å²) >= 11 is 0. The number of amides is 1. The van der Waals surface area contributed by atoms with Crippen molar-refractivity contribution < 1.29 is 13.2 Å². The van der Waals surface area contributed by atoms with Crippen molar-refractivity contribution in [2.45, 2.75) is 32.2 Å². The number of hydrogen-bond acceptors (Lipinski definition) is 4. The molecular weight excluding hydrogens is 240 g/mol. The van der Waals surface area contributed by atoms with Gasteiger partial charge in [-0.05, 0) is 25.2 Å². The molecule has 100 valence electrons. The van der Waals surface area contributed by atoms with Gasteiger partial charge in [-0.2, -0.15) is 0 Å². The van der Waals surface area contributed by atoms with E-state index in [1.165, 1.54) is 0 Å². The Kier molecular flexibility index (Phi) is 4.94. The quantitative estimate of drug-likeness (QED) is 0.773.